The first-order valence-corrected chi connectivity index (χ1v) is 9.04. The van der Waals surface area contributed by atoms with Gasteiger partial charge in [0, 0.05) is 40.0 Å². The second kappa shape index (κ2) is 6.80. The van der Waals surface area contributed by atoms with Gasteiger partial charge in [-0.2, -0.15) is 0 Å². The van der Waals surface area contributed by atoms with E-state index >= 15 is 0 Å². The predicted octanol–water partition coefficient (Wildman–Crippen LogP) is 4.74. The van der Waals surface area contributed by atoms with Crippen molar-refractivity contribution in [1.82, 2.24) is 14.5 Å². The van der Waals surface area contributed by atoms with Crippen LogP contribution in [0, 0.1) is 6.92 Å². The molecule has 0 bridgehead atoms. The Morgan fingerprint density at radius 2 is 2.00 bits per heavy atom. The Morgan fingerprint density at radius 3 is 2.73 bits per heavy atom. The molecular formula is C20H17BrN4O. The average molecular weight is 409 g/mol. The molecule has 1 amide bonds. The third kappa shape index (κ3) is 3.41. The Kier molecular flexibility index (Phi) is 4.34. The van der Waals surface area contributed by atoms with Gasteiger partial charge < -0.3 is 14.9 Å². The number of amides is 1. The van der Waals surface area contributed by atoms with Gasteiger partial charge in [0.25, 0.3) is 5.91 Å². The zero-order valence-corrected chi connectivity index (χ0v) is 15.7. The summed E-state index contributed by atoms with van der Waals surface area (Å²) in [5, 5.41) is 3.93. The van der Waals surface area contributed by atoms with Crippen molar-refractivity contribution in [1.29, 1.82) is 0 Å². The van der Waals surface area contributed by atoms with Crippen LogP contribution in [-0.4, -0.2) is 20.4 Å². The van der Waals surface area contributed by atoms with Gasteiger partial charge in [0.15, 0.2) is 0 Å². The summed E-state index contributed by atoms with van der Waals surface area (Å²) >= 11 is 3.44. The summed E-state index contributed by atoms with van der Waals surface area (Å²) in [6.07, 6.45) is 3.75. The molecule has 2 N–H and O–H groups in total. The van der Waals surface area contributed by atoms with Gasteiger partial charge in [0.05, 0.1) is 0 Å². The monoisotopic (exact) mass is 408 g/mol. The molecule has 2 aromatic heterocycles. The Bertz CT molecular complexity index is 1080. The minimum atomic E-state index is -0.157. The number of fused-ring (bicyclic) bond motifs is 1. The summed E-state index contributed by atoms with van der Waals surface area (Å²) in [6.45, 7) is 2.74. The molecule has 26 heavy (non-hydrogen) atoms. The minimum absolute atomic E-state index is 0.157. The number of hydrogen-bond donors (Lipinski definition) is 2. The van der Waals surface area contributed by atoms with Crippen LogP contribution < -0.4 is 5.32 Å². The highest BCUT2D eigenvalue weighted by Gasteiger charge is 2.10. The number of carbonyl (C=O) groups excluding carboxylic acids is 1. The molecule has 0 radical (unpaired) electrons. The van der Waals surface area contributed by atoms with E-state index in [9.17, 15) is 4.79 Å². The van der Waals surface area contributed by atoms with Crippen LogP contribution in [0.5, 0.6) is 0 Å². The first-order valence-electron chi connectivity index (χ1n) is 8.25. The molecule has 2 heterocycles. The predicted molar refractivity (Wildman–Crippen MR) is 106 cm³/mol. The lowest BCUT2D eigenvalue weighted by molar-refractivity contribution is 0.102. The summed E-state index contributed by atoms with van der Waals surface area (Å²) in [6, 6.07) is 15.6. The summed E-state index contributed by atoms with van der Waals surface area (Å²) < 4.78 is 3.05. The molecule has 0 saturated heterocycles. The Labute approximate surface area is 159 Å². The van der Waals surface area contributed by atoms with Crippen LogP contribution >= 0.6 is 15.9 Å². The number of carbonyl (C=O) groups is 1. The van der Waals surface area contributed by atoms with Crippen molar-refractivity contribution >= 4 is 38.4 Å². The molecule has 0 aliphatic carbocycles. The molecule has 130 valence electrons. The summed E-state index contributed by atoms with van der Waals surface area (Å²) in [4.78, 5) is 19.9. The molecule has 0 spiro atoms. The van der Waals surface area contributed by atoms with E-state index in [4.69, 9.17) is 0 Å². The molecule has 0 aliphatic rings. The van der Waals surface area contributed by atoms with Gasteiger partial charge in [-0.1, -0.05) is 34.1 Å². The maximum atomic E-state index is 12.5. The molecule has 0 unspecified atom stereocenters. The van der Waals surface area contributed by atoms with Crippen LogP contribution in [-0.2, 0) is 6.54 Å². The highest BCUT2D eigenvalue weighted by molar-refractivity contribution is 9.10. The highest BCUT2D eigenvalue weighted by Crippen LogP contribution is 2.21. The van der Waals surface area contributed by atoms with Crippen molar-refractivity contribution in [2.24, 2.45) is 0 Å². The van der Waals surface area contributed by atoms with Crippen molar-refractivity contribution in [2.45, 2.75) is 13.5 Å². The van der Waals surface area contributed by atoms with E-state index in [0.29, 0.717) is 5.69 Å². The van der Waals surface area contributed by atoms with Crippen molar-refractivity contribution in [2.75, 3.05) is 5.32 Å². The lowest BCUT2D eigenvalue weighted by Crippen LogP contribution is -2.12. The first-order chi connectivity index (χ1) is 12.6. The number of aromatic nitrogens is 3. The van der Waals surface area contributed by atoms with Gasteiger partial charge >= 0.3 is 0 Å². The van der Waals surface area contributed by atoms with Crippen LogP contribution in [0.3, 0.4) is 0 Å². The van der Waals surface area contributed by atoms with E-state index in [2.05, 4.69) is 35.8 Å². The summed E-state index contributed by atoms with van der Waals surface area (Å²) in [5.41, 5.74) is 3.38. The van der Waals surface area contributed by atoms with Gasteiger partial charge in [-0.3, -0.25) is 4.79 Å². The highest BCUT2D eigenvalue weighted by atomic mass is 79.9. The molecule has 0 saturated carbocycles. The molecule has 4 rings (SSSR count). The quantitative estimate of drug-likeness (QED) is 0.512. The van der Waals surface area contributed by atoms with E-state index < -0.39 is 0 Å². The number of imidazole rings is 1. The molecule has 2 aromatic carbocycles. The zero-order chi connectivity index (χ0) is 18.1. The van der Waals surface area contributed by atoms with E-state index in [1.165, 1.54) is 0 Å². The topological polar surface area (TPSA) is 62.7 Å². The summed E-state index contributed by atoms with van der Waals surface area (Å²) in [5.74, 6) is 0.823. The lowest BCUT2D eigenvalue weighted by Gasteiger charge is -2.07. The molecule has 5 nitrogen and oxygen atoms in total. The standard InChI is InChI=1S/C20H17BrN4O/c1-13-22-8-9-25(13)12-14-2-6-17(7-3-14)23-20(26)19-10-15-4-5-16(21)11-18(15)24-19/h2-11,24H,12H2,1H3,(H,23,26). The second-order valence-corrected chi connectivity index (χ2v) is 7.08. The average Bonchev–Trinajstić information content (AvgIpc) is 3.22. The van der Waals surface area contributed by atoms with Crippen LogP contribution in [0.4, 0.5) is 5.69 Å². The maximum absolute atomic E-state index is 12.5. The number of rotatable bonds is 4. The number of nitrogens with one attached hydrogen (secondary N) is 2. The number of halogens is 1. The van der Waals surface area contributed by atoms with Crippen LogP contribution in [0.2, 0.25) is 0 Å². The van der Waals surface area contributed by atoms with Gasteiger partial charge in [0.1, 0.15) is 11.5 Å². The van der Waals surface area contributed by atoms with Crippen molar-refractivity contribution in [3.8, 4) is 0 Å². The molecular weight excluding hydrogens is 392 g/mol. The molecule has 0 atom stereocenters. The largest absolute Gasteiger partial charge is 0.350 e. The molecule has 0 fully saturated rings. The number of nitrogens with zero attached hydrogens (tertiary/aromatic N) is 2. The first kappa shape index (κ1) is 16.6. The van der Waals surface area contributed by atoms with E-state index in [0.717, 1.165) is 39.0 Å². The Morgan fingerprint density at radius 1 is 1.19 bits per heavy atom. The fraction of sp³-hybridized carbons (Fsp3) is 0.100. The van der Waals surface area contributed by atoms with Crippen molar-refractivity contribution in [3.05, 3.63) is 82.5 Å². The fourth-order valence-corrected chi connectivity index (χ4v) is 3.24. The lowest BCUT2D eigenvalue weighted by atomic mass is 10.2. The summed E-state index contributed by atoms with van der Waals surface area (Å²) in [7, 11) is 0. The Balaban J connectivity index is 1.47. The number of H-pyrrole nitrogens is 1. The third-order valence-corrected chi connectivity index (χ3v) is 4.81. The van der Waals surface area contributed by atoms with Crippen LogP contribution in [0.15, 0.2) is 65.4 Å². The molecule has 0 aliphatic heterocycles. The SMILES string of the molecule is Cc1nccn1Cc1ccc(NC(=O)c2cc3ccc(Br)cc3[nH]2)cc1. The number of anilines is 1. The van der Waals surface area contributed by atoms with Gasteiger partial charge in [0.2, 0.25) is 0 Å². The number of aromatic amines is 1. The smallest absolute Gasteiger partial charge is 0.272 e. The number of aryl methyl sites for hydroxylation is 1. The minimum Gasteiger partial charge on any atom is -0.350 e. The Hall–Kier alpha value is -2.86. The molecule has 4 aromatic rings. The van der Waals surface area contributed by atoms with E-state index in [-0.39, 0.29) is 5.91 Å². The molecule has 6 heteroatoms. The van der Waals surface area contributed by atoms with Crippen molar-refractivity contribution in [3.63, 3.8) is 0 Å². The van der Waals surface area contributed by atoms with E-state index in [1.54, 1.807) is 6.20 Å². The van der Waals surface area contributed by atoms with Gasteiger partial charge in [-0.05, 0) is 42.8 Å². The normalized spacial score (nSPS) is 11.0. The van der Waals surface area contributed by atoms with Crippen LogP contribution in [0.1, 0.15) is 21.9 Å². The maximum Gasteiger partial charge on any atom is 0.272 e. The number of hydrogen-bond acceptors (Lipinski definition) is 2. The van der Waals surface area contributed by atoms with Crippen LogP contribution in [0.25, 0.3) is 10.9 Å². The zero-order valence-electron chi connectivity index (χ0n) is 14.2. The van der Waals surface area contributed by atoms with Gasteiger partial charge in [-0.25, -0.2) is 4.98 Å². The number of benzene rings is 2. The van der Waals surface area contributed by atoms with E-state index in [1.807, 2.05) is 61.7 Å². The van der Waals surface area contributed by atoms with Gasteiger partial charge in [-0.15, -0.1) is 0 Å². The second-order valence-electron chi connectivity index (χ2n) is 6.17. The van der Waals surface area contributed by atoms with Crippen molar-refractivity contribution < 1.29 is 4.79 Å². The fourth-order valence-electron chi connectivity index (χ4n) is 2.88. The third-order valence-electron chi connectivity index (χ3n) is 4.32.